The van der Waals surface area contributed by atoms with Crippen molar-refractivity contribution >= 4 is 23.2 Å². The maximum Gasteiger partial charge on any atom is 0.227 e. The quantitative estimate of drug-likeness (QED) is 0.795. The predicted octanol–water partition coefficient (Wildman–Crippen LogP) is 2.39. The van der Waals surface area contributed by atoms with Gasteiger partial charge in [0.1, 0.15) is 11.6 Å². The van der Waals surface area contributed by atoms with Crippen molar-refractivity contribution in [2.24, 2.45) is 5.92 Å². The summed E-state index contributed by atoms with van der Waals surface area (Å²) in [6.45, 7) is 4.30. The summed E-state index contributed by atoms with van der Waals surface area (Å²) in [6.07, 6.45) is 0.0179. The van der Waals surface area contributed by atoms with Crippen molar-refractivity contribution < 1.29 is 18.4 Å². The van der Waals surface area contributed by atoms with E-state index in [4.69, 9.17) is 0 Å². The molecule has 0 aromatic heterocycles. The first kappa shape index (κ1) is 21.2. The van der Waals surface area contributed by atoms with Crippen molar-refractivity contribution in [2.45, 2.75) is 13.0 Å². The van der Waals surface area contributed by atoms with E-state index in [-0.39, 0.29) is 30.5 Å². The predicted molar refractivity (Wildman–Crippen MR) is 115 cm³/mol. The van der Waals surface area contributed by atoms with Crippen LogP contribution >= 0.6 is 0 Å². The lowest BCUT2D eigenvalue weighted by molar-refractivity contribution is -0.126. The second-order valence-corrected chi connectivity index (χ2v) is 8.17. The van der Waals surface area contributed by atoms with E-state index in [0.717, 1.165) is 55.6 Å². The molecular formula is C23H26F2N4O2. The van der Waals surface area contributed by atoms with Crippen molar-refractivity contribution in [2.75, 3.05) is 49.6 Å². The largest absolute Gasteiger partial charge is 0.369 e. The minimum atomic E-state index is -0.754. The average Bonchev–Trinajstić information content (AvgIpc) is 3.14. The van der Waals surface area contributed by atoms with E-state index in [2.05, 4.69) is 28.2 Å². The van der Waals surface area contributed by atoms with Crippen LogP contribution in [0.15, 0.2) is 42.5 Å². The van der Waals surface area contributed by atoms with Gasteiger partial charge in [-0.2, -0.15) is 0 Å². The highest BCUT2D eigenvalue weighted by molar-refractivity contribution is 6.00. The second kappa shape index (κ2) is 9.01. The van der Waals surface area contributed by atoms with E-state index in [1.807, 2.05) is 18.2 Å². The van der Waals surface area contributed by atoms with Gasteiger partial charge in [-0.25, -0.2) is 8.78 Å². The van der Waals surface area contributed by atoms with Gasteiger partial charge in [0.2, 0.25) is 11.8 Å². The monoisotopic (exact) mass is 428 g/mol. The first-order valence-corrected chi connectivity index (χ1v) is 10.5. The zero-order chi connectivity index (χ0) is 22.0. The highest BCUT2D eigenvalue weighted by atomic mass is 19.1. The van der Waals surface area contributed by atoms with Gasteiger partial charge >= 0.3 is 0 Å². The molecule has 31 heavy (non-hydrogen) atoms. The number of para-hydroxylation sites is 1. The number of likely N-dealkylation sites (N-methyl/N-ethyl adjacent to an activating group) is 1. The lowest BCUT2D eigenvalue weighted by Gasteiger charge is -2.35. The Bertz CT molecular complexity index is 956. The van der Waals surface area contributed by atoms with Gasteiger partial charge in [-0.15, -0.1) is 0 Å². The van der Waals surface area contributed by atoms with Crippen LogP contribution in [-0.2, 0) is 16.1 Å². The van der Waals surface area contributed by atoms with Crippen molar-refractivity contribution in [3.05, 3.63) is 59.7 Å². The molecule has 2 aliphatic rings. The topological polar surface area (TPSA) is 55.9 Å². The van der Waals surface area contributed by atoms with Gasteiger partial charge in [0, 0.05) is 63.1 Å². The van der Waals surface area contributed by atoms with Gasteiger partial charge in [-0.05, 0) is 30.8 Å². The number of hydrogen-bond acceptors (Lipinski definition) is 4. The molecule has 164 valence electrons. The molecule has 2 heterocycles. The highest BCUT2D eigenvalue weighted by Gasteiger charge is 2.35. The van der Waals surface area contributed by atoms with Crippen molar-refractivity contribution in [3.63, 3.8) is 0 Å². The molecule has 2 aromatic carbocycles. The molecule has 4 rings (SSSR count). The fraction of sp³-hybridized carbons (Fsp3) is 0.391. The van der Waals surface area contributed by atoms with E-state index in [1.165, 1.54) is 4.90 Å². The van der Waals surface area contributed by atoms with Crippen LogP contribution in [0.1, 0.15) is 12.0 Å². The van der Waals surface area contributed by atoms with Crippen LogP contribution in [0.4, 0.5) is 20.2 Å². The van der Waals surface area contributed by atoms with Crippen LogP contribution in [-0.4, -0.2) is 56.5 Å². The molecule has 0 spiro atoms. The normalized spacial score (nSPS) is 19.7. The third-order valence-electron chi connectivity index (χ3n) is 5.94. The van der Waals surface area contributed by atoms with E-state index in [1.54, 1.807) is 0 Å². The van der Waals surface area contributed by atoms with Gasteiger partial charge in [0.15, 0.2) is 0 Å². The van der Waals surface area contributed by atoms with Gasteiger partial charge < -0.3 is 20.0 Å². The molecule has 1 atom stereocenters. The van der Waals surface area contributed by atoms with Gasteiger partial charge in [-0.3, -0.25) is 9.59 Å². The molecular weight excluding hydrogens is 402 g/mol. The number of anilines is 2. The summed E-state index contributed by atoms with van der Waals surface area (Å²) >= 11 is 0. The van der Waals surface area contributed by atoms with Crippen LogP contribution in [0.3, 0.4) is 0 Å². The Labute approximate surface area is 180 Å². The maximum atomic E-state index is 13.5. The van der Waals surface area contributed by atoms with Crippen molar-refractivity contribution in [1.29, 1.82) is 0 Å². The highest BCUT2D eigenvalue weighted by Crippen LogP contribution is 2.27. The molecule has 2 saturated heterocycles. The minimum Gasteiger partial charge on any atom is -0.369 e. The van der Waals surface area contributed by atoms with E-state index < -0.39 is 17.6 Å². The number of nitrogens with zero attached hydrogens (tertiary/aromatic N) is 3. The summed E-state index contributed by atoms with van der Waals surface area (Å²) in [7, 11) is 2.11. The molecule has 2 aliphatic heterocycles. The second-order valence-electron chi connectivity index (χ2n) is 8.17. The van der Waals surface area contributed by atoms with E-state index in [0.29, 0.717) is 6.54 Å². The van der Waals surface area contributed by atoms with Crippen LogP contribution < -0.4 is 15.1 Å². The fourth-order valence-corrected chi connectivity index (χ4v) is 4.17. The van der Waals surface area contributed by atoms with E-state index in [9.17, 15) is 18.4 Å². The summed E-state index contributed by atoms with van der Waals surface area (Å²) in [4.78, 5) is 31.0. The van der Waals surface area contributed by atoms with Crippen LogP contribution in [0.5, 0.6) is 0 Å². The number of piperazine rings is 1. The van der Waals surface area contributed by atoms with Gasteiger partial charge in [0.05, 0.1) is 5.92 Å². The third-order valence-corrected chi connectivity index (χ3v) is 5.94. The summed E-state index contributed by atoms with van der Waals surface area (Å²) in [5.74, 6) is -2.62. The summed E-state index contributed by atoms with van der Waals surface area (Å²) in [5.41, 5.74) is 2.27. The summed E-state index contributed by atoms with van der Waals surface area (Å²) in [5, 5.41) is 2.94. The Morgan fingerprint density at radius 1 is 1.06 bits per heavy atom. The van der Waals surface area contributed by atoms with Gasteiger partial charge in [0.25, 0.3) is 0 Å². The Morgan fingerprint density at radius 2 is 1.74 bits per heavy atom. The van der Waals surface area contributed by atoms with Crippen LogP contribution in [0.25, 0.3) is 0 Å². The Balaban J connectivity index is 1.39. The number of amides is 2. The Morgan fingerprint density at radius 3 is 2.45 bits per heavy atom. The van der Waals surface area contributed by atoms with E-state index >= 15 is 0 Å². The number of rotatable bonds is 5. The molecule has 6 nitrogen and oxygen atoms in total. The van der Waals surface area contributed by atoms with Crippen molar-refractivity contribution in [3.8, 4) is 0 Å². The number of halogens is 2. The molecule has 2 aromatic rings. The average molecular weight is 428 g/mol. The molecule has 1 unspecified atom stereocenters. The molecule has 0 bridgehead atoms. The lowest BCUT2D eigenvalue weighted by Crippen LogP contribution is -2.45. The molecule has 8 heteroatoms. The van der Waals surface area contributed by atoms with Crippen LogP contribution in [0, 0.1) is 17.6 Å². The number of hydrogen-bond donors (Lipinski definition) is 1. The zero-order valence-corrected chi connectivity index (χ0v) is 17.5. The van der Waals surface area contributed by atoms with Crippen molar-refractivity contribution in [1.82, 2.24) is 10.2 Å². The number of benzene rings is 2. The molecule has 0 aliphatic carbocycles. The zero-order valence-electron chi connectivity index (χ0n) is 17.5. The first-order valence-electron chi connectivity index (χ1n) is 10.5. The maximum absolute atomic E-state index is 13.5. The Hall–Kier alpha value is -3.00. The van der Waals surface area contributed by atoms with Gasteiger partial charge in [-0.1, -0.05) is 18.2 Å². The summed E-state index contributed by atoms with van der Waals surface area (Å²) < 4.78 is 27.0. The molecule has 2 amide bonds. The SMILES string of the molecule is CN1CCN(c2ccccc2CNC(=O)C2CC(=O)N(c3cc(F)cc(F)c3)C2)CC1. The molecule has 0 saturated carbocycles. The number of carbonyl (C=O) groups excluding carboxylic acids is 2. The standard InChI is InChI=1S/C23H26F2N4O2/c1-27-6-8-28(9-7-27)21-5-3-2-4-16(21)14-26-23(31)17-10-22(30)29(15-17)20-12-18(24)11-19(25)13-20/h2-5,11-13,17H,6-10,14-15H2,1H3,(H,26,31). The lowest BCUT2D eigenvalue weighted by atomic mass is 10.1. The number of carbonyl (C=O) groups is 2. The number of nitrogens with one attached hydrogen (secondary N) is 1. The first-order chi connectivity index (χ1) is 14.9. The fourth-order valence-electron chi connectivity index (χ4n) is 4.17. The molecule has 1 N–H and O–H groups in total. The molecule has 0 radical (unpaired) electrons. The minimum absolute atomic E-state index is 0.0179. The Kier molecular flexibility index (Phi) is 6.18. The summed E-state index contributed by atoms with van der Waals surface area (Å²) in [6, 6.07) is 11.0. The van der Waals surface area contributed by atoms with Crippen LogP contribution in [0.2, 0.25) is 0 Å². The smallest absolute Gasteiger partial charge is 0.227 e. The molecule has 2 fully saturated rings. The third kappa shape index (κ3) is 4.85.